The summed E-state index contributed by atoms with van der Waals surface area (Å²) in [6.07, 6.45) is 2.10. The summed E-state index contributed by atoms with van der Waals surface area (Å²) >= 11 is 19.3. The average Bonchev–Trinajstić information content (AvgIpc) is 2.28. The second kappa shape index (κ2) is 9.25. The van der Waals surface area contributed by atoms with Gasteiger partial charge in [0.2, 0.25) is 0 Å². The molecule has 7 heteroatoms. The molecule has 0 aliphatic rings. The van der Waals surface area contributed by atoms with Crippen molar-refractivity contribution in [3.63, 3.8) is 0 Å². The molecule has 0 aromatic carbocycles. The molecule has 0 aromatic heterocycles. The topological polar surface area (TPSA) is 29.5 Å². The highest BCUT2D eigenvalue weighted by Gasteiger charge is 2.24. The summed E-state index contributed by atoms with van der Waals surface area (Å²) in [7, 11) is 0. The van der Waals surface area contributed by atoms with Crippen molar-refractivity contribution in [2.45, 2.75) is 30.8 Å². The molecule has 100 valence electrons. The minimum absolute atomic E-state index is 0.0378. The Hall–Kier alpha value is 0.290. The van der Waals surface area contributed by atoms with Gasteiger partial charge in [0.05, 0.1) is 6.26 Å². The van der Waals surface area contributed by atoms with E-state index in [0.717, 1.165) is 0 Å². The molecule has 0 aliphatic carbocycles. The number of alkyl halides is 2. The monoisotopic (exact) mass is 317 g/mol. The SMILES string of the molecule is CC(CS)N(C(=O)OC=CC(Cl)Cl)C(C)CS. The maximum atomic E-state index is 11.8. The van der Waals surface area contributed by atoms with Gasteiger partial charge in [0, 0.05) is 23.6 Å². The van der Waals surface area contributed by atoms with Crippen LogP contribution >= 0.6 is 48.5 Å². The first-order valence-corrected chi connectivity index (χ1v) is 7.23. The van der Waals surface area contributed by atoms with E-state index in [2.05, 4.69) is 25.3 Å². The summed E-state index contributed by atoms with van der Waals surface area (Å²) < 4.78 is 4.93. The average molecular weight is 318 g/mol. The molecule has 0 bridgehead atoms. The van der Waals surface area contributed by atoms with Crippen LogP contribution in [0.3, 0.4) is 0 Å². The van der Waals surface area contributed by atoms with E-state index in [0.29, 0.717) is 11.5 Å². The molecular formula is C10H17Cl2NO2S2. The molecule has 2 atom stereocenters. The molecule has 0 spiro atoms. The summed E-state index contributed by atoms with van der Waals surface area (Å²) in [4.78, 5) is 12.7. The predicted molar refractivity (Wildman–Crippen MR) is 79.6 cm³/mol. The van der Waals surface area contributed by atoms with Crippen molar-refractivity contribution in [1.82, 2.24) is 4.90 Å². The number of carbonyl (C=O) groups excluding carboxylic acids is 1. The molecular weight excluding hydrogens is 301 g/mol. The van der Waals surface area contributed by atoms with E-state index in [9.17, 15) is 4.79 Å². The Labute approximate surface area is 123 Å². The normalized spacial score (nSPS) is 15.0. The highest BCUT2D eigenvalue weighted by atomic mass is 35.5. The standard InChI is InChI=1S/C10H17Cl2NO2S2/c1-7(5-16)13(8(2)6-17)10(14)15-4-3-9(11)12/h3-4,7-9,16-17H,5-6H2,1-2H3. The van der Waals surface area contributed by atoms with Gasteiger partial charge in [0.1, 0.15) is 4.84 Å². The van der Waals surface area contributed by atoms with Gasteiger partial charge in [-0.05, 0) is 19.9 Å². The third kappa shape index (κ3) is 6.70. The summed E-state index contributed by atoms with van der Waals surface area (Å²) in [5.74, 6) is 1.09. The molecule has 0 radical (unpaired) electrons. The lowest BCUT2D eigenvalue weighted by Crippen LogP contribution is -2.46. The molecule has 0 N–H and O–H groups in total. The largest absolute Gasteiger partial charge is 0.418 e. The number of thiol groups is 2. The minimum Gasteiger partial charge on any atom is -0.418 e. The van der Waals surface area contributed by atoms with Gasteiger partial charge in [-0.2, -0.15) is 25.3 Å². The van der Waals surface area contributed by atoms with Crippen LogP contribution in [0.2, 0.25) is 0 Å². The molecule has 0 saturated carbocycles. The molecule has 0 saturated heterocycles. The van der Waals surface area contributed by atoms with Crippen molar-refractivity contribution in [2.75, 3.05) is 11.5 Å². The summed E-state index contributed by atoms with van der Waals surface area (Å²) in [6, 6.07) is -0.0756. The lowest BCUT2D eigenvalue weighted by molar-refractivity contribution is 0.111. The molecule has 17 heavy (non-hydrogen) atoms. The van der Waals surface area contributed by atoms with Crippen LogP contribution in [0.15, 0.2) is 12.3 Å². The van der Waals surface area contributed by atoms with Gasteiger partial charge in [0.15, 0.2) is 0 Å². The number of hydrogen-bond donors (Lipinski definition) is 2. The molecule has 2 unspecified atom stereocenters. The lowest BCUT2D eigenvalue weighted by atomic mass is 10.2. The van der Waals surface area contributed by atoms with E-state index >= 15 is 0 Å². The van der Waals surface area contributed by atoms with Gasteiger partial charge in [-0.3, -0.25) is 0 Å². The Kier molecular flexibility index (Phi) is 9.41. The van der Waals surface area contributed by atoms with Gasteiger partial charge >= 0.3 is 6.09 Å². The fraction of sp³-hybridized carbons (Fsp3) is 0.700. The highest BCUT2D eigenvalue weighted by molar-refractivity contribution is 7.80. The Balaban J connectivity index is 4.53. The number of ether oxygens (including phenoxy) is 1. The van der Waals surface area contributed by atoms with Gasteiger partial charge < -0.3 is 9.64 Å². The van der Waals surface area contributed by atoms with Gasteiger partial charge in [-0.15, -0.1) is 23.2 Å². The quantitative estimate of drug-likeness (QED) is 0.447. The van der Waals surface area contributed by atoms with Crippen LogP contribution in [0.1, 0.15) is 13.8 Å². The first-order valence-electron chi connectivity index (χ1n) is 5.09. The van der Waals surface area contributed by atoms with E-state index in [4.69, 9.17) is 27.9 Å². The molecule has 0 aliphatic heterocycles. The number of allylic oxidation sites excluding steroid dienone is 1. The van der Waals surface area contributed by atoms with Crippen molar-refractivity contribution in [2.24, 2.45) is 0 Å². The summed E-state index contributed by atoms with van der Waals surface area (Å²) in [6.45, 7) is 3.79. The Morgan fingerprint density at radius 2 is 1.76 bits per heavy atom. The molecule has 3 nitrogen and oxygen atoms in total. The van der Waals surface area contributed by atoms with Crippen molar-refractivity contribution in [1.29, 1.82) is 0 Å². The summed E-state index contributed by atoms with van der Waals surface area (Å²) in [5.41, 5.74) is 0. The molecule has 0 aromatic rings. The van der Waals surface area contributed by atoms with Crippen LogP contribution in [-0.2, 0) is 4.74 Å². The van der Waals surface area contributed by atoms with Crippen LogP contribution < -0.4 is 0 Å². The van der Waals surface area contributed by atoms with Gasteiger partial charge in [-0.1, -0.05) is 0 Å². The zero-order chi connectivity index (χ0) is 13.4. The van der Waals surface area contributed by atoms with Crippen molar-refractivity contribution in [3.8, 4) is 0 Å². The van der Waals surface area contributed by atoms with Gasteiger partial charge in [-0.25, -0.2) is 4.79 Å². The van der Waals surface area contributed by atoms with Crippen molar-refractivity contribution >= 4 is 54.6 Å². The second-order valence-electron chi connectivity index (χ2n) is 3.52. The predicted octanol–water partition coefficient (Wildman–Crippen LogP) is 3.38. The molecule has 0 rings (SSSR count). The zero-order valence-electron chi connectivity index (χ0n) is 9.72. The van der Waals surface area contributed by atoms with E-state index in [1.54, 1.807) is 4.90 Å². The summed E-state index contributed by atoms with van der Waals surface area (Å²) in [5, 5.41) is 0. The third-order valence-electron chi connectivity index (χ3n) is 2.08. The van der Waals surface area contributed by atoms with Crippen molar-refractivity contribution < 1.29 is 9.53 Å². The van der Waals surface area contributed by atoms with Crippen LogP contribution in [0.4, 0.5) is 4.79 Å². The van der Waals surface area contributed by atoms with E-state index in [1.807, 2.05) is 13.8 Å². The van der Waals surface area contributed by atoms with Crippen molar-refractivity contribution in [3.05, 3.63) is 12.3 Å². The Morgan fingerprint density at radius 1 is 1.29 bits per heavy atom. The molecule has 0 fully saturated rings. The number of carbonyl (C=O) groups is 1. The molecule has 0 heterocycles. The Bertz CT molecular complexity index is 255. The van der Waals surface area contributed by atoms with Crippen LogP contribution in [0.25, 0.3) is 0 Å². The Morgan fingerprint density at radius 3 is 2.12 bits per heavy atom. The number of halogens is 2. The van der Waals surface area contributed by atoms with E-state index in [1.165, 1.54) is 12.3 Å². The van der Waals surface area contributed by atoms with Crippen LogP contribution in [-0.4, -0.2) is 39.4 Å². The second-order valence-corrected chi connectivity index (χ2v) is 5.41. The first kappa shape index (κ1) is 17.3. The third-order valence-corrected chi connectivity index (χ3v) is 3.43. The maximum Gasteiger partial charge on any atom is 0.415 e. The number of rotatable bonds is 6. The van der Waals surface area contributed by atoms with E-state index in [-0.39, 0.29) is 12.1 Å². The lowest BCUT2D eigenvalue weighted by Gasteiger charge is -2.31. The molecule has 1 amide bonds. The van der Waals surface area contributed by atoms with Crippen LogP contribution in [0, 0.1) is 0 Å². The first-order chi connectivity index (χ1) is 7.93. The number of nitrogens with zero attached hydrogens (tertiary/aromatic N) is 1. The number of amides is 1. The maximum absolute atomic E-state index is 11.8. The highest BCUT2D eigenvalue weighted by Crippen LogP contribution is 2.11. The number of hydrogen-bond acceptors (Lipinski definition) is 4. The minimum atomic E-state index is -0.694. The van der Waals surface area contributed by atoms with Crippen LogP contribution in [0.5, 0.6) is 0 Å². The van der Waals surface area contributed by atoms with Gasteiger partial charge in [0.25, 0.3) is 0 Å². The fourth-order valence-corrected chi connectivity index (χ4v) is 1.66. The van der Waals surface area contributed by atoms with E-state index < -0.39 is 10.9 Å². The zero-order valence-corrected chi connectivity index (χ0v) is 13.0. The fourth-order valence-electron chi connectivity index (χ4n) is 1.19. The smallest absolute Gasteiger partial charge is 0.415 e.